The van der Waals surface area contributed by atoms with Crippen LogP contribution in [0.25, 0.3) is 0 Å². The summed E-state index contributed by atoms with van der Waals surface area (Å²) in [5.74, 6) is -3.33. The summed E-state index contributed by atoms with van der Waals surface area (Å²) in [6, 6.07) is 1.38. The van der Waals surface area contributed by atoms with Gasteiger partial charge < -0.3 is 37.6 Å². The molecule has 212 valence electrons. The van der Waals surface area contributed by atoms with Crippen molar-refractivity contribution in [2.45, 2.75) is 70.1 Å². The first kappa shape index (κ1) is 32.7. The first-order valence-corrected chi connectivity index (χ1v) is 13.7. The van der Waals surface area contributed by atoms with E-state index in [1.54, 1.807) is 0 Å². The van der Waals surface area contributed by atoms with Crippen molar-refractivity contribution >= 4 is 41.4 Å². The first-order valence-electron chi connectivity index (χ1n) is 12.3. The molecule has 0 fully saturated rings. The highest BCUT2D eigenvalue weighted by Crippen LogP contribution is 2.12. The Morgan fingerprint density at radius 2 is 1.45 bits per heavy atom. The van der Waals surface area contributed by atoms with Crippen LogP contribution in [0.4, 0.5) is 0 Å². The maximum absolute atomic E-state index is 13.1. The number of nitrogens with two attached hydrogens (primary N) is 2. The largest absolute Gasteiger partial charge is 0.508 e. The molecule has 0 heterocycles. The number of carbonyl (C=O) groups is 5. The molecule has 0 bridgehead atoms. The van der Waals surface area contributed by atoms with Gasteiger partial charge in [-0.3, -0.25) is 19.2 Å². The third kappa shape index (κ3) is 12.3. The zero-order valence-electron chi connectivity index (χ0n) is 21.9. The Hall–Kier alpha value is -3.32. The summed E-state index contributed by atoms with van der Waals surface area (Å²) in [6.45, 7) is 3.72. The standard InChI is InChI=1S/C25H39N5O7S/c1-14(2)12-19(29-22(33)17(26)10-11-38-3)24(35)28-18(8-9-21(27)32)23(34)30-20(25(36)37)13-15-4-6-16(31)7-5-15/h4-7,14,17-20,31H,8-13,26H2,1-3H3,(H2,27,32)(H,28,35)(H,29,33)(H,30,34)(H,36,37). The number of hydrogen-bond donors (Lipinski definition) is 7. The monoisotopic (exact) mass is 553 g/mol. The molecule has 12 nitrogen and oxygen atoms in total. The van der Waals surface area contributed by atoms with Crippen LogP contribution in [0, 0.1) is 5.92 Å². The van der Waals surface area contributed by atoms with Crippen LogP contribution in [0.2, 0.25) is 0 Å². The molecule has 0 saturated carbocycles. The van der Waals surface area contributed by atoms with E-state index in [0.29, 0.717) is 17.7 Å². The van der Waals surface area contributed by atoms with Crippen molar-refractivity contribution in [1.29, 1.82) is 0 Å². The molecule has 38 heavy (non-hydrogen) atoms. The van der Waals surface area contributed by atoms with Crippen LogP contribution in [0.5, 0.6) is 5.75 Å². The van der Waals surface area contributed by atoms with E-state index in [9.17, 15) is 34.2 Å². The molecule has 1 aromatic rings. The van der Waals surface area contributed by atoms with Crippen LogP contribution in [-0.4, -0.2) is 76.0 Å². The minimum Gasteiger partial charge on any atom is -0.508 e. The predicted octanol–water partition coefficient (Wildman–Crippen LogP) is -0.134. The number of carbonyl (C=O) groups excluding carboxylic acids is 4. The van der Waals surface area contributed by atoms with E-state index in [1.807, 2.05) is 20.1 Å². The van der Waals surface area contributed by atoms with Crippen molar-refractivity contribution in [2.75, 3.05) is 12.0 Å². The number of carboxylic acids is 1. The number of nitrogens with one attached hydrogen (secondary N) is 3. The summed E-state index contributed by atoms with van der Waals surface area (Å²) < 4.78 is 0. The molecule has 13 heteroatoms. The summed E-state index contributed by atoms with van der Waals surface area (Å²) in [5, 5.41) is 26.6. The maximum Gasteiger partial charge on any atom is 0.326 e. The third-order valence-electron chi connectivity index (χ3n) is 5.61. The van der Waals surface area contributed by atoms with Gasteiger partial charge in [0, 0.05) is 12.8 Å². The van der Waals surface area contributed by atoms with E-state index >= 15 is 0 Å². The number of carboxylic acid groups (broad SMARTS) is 1. The van der Waals surface area contributed by atoms with Gasteiger partial charge in [-0.15, -0.1) is 0 Å². The highest BCUT2D eigenvalue weighted by atomic mass is 32.2. The van der Waals surface area contributed by atoms with Crippen LogP contribution in [-0.2, 0) is 30.4 Å². The zero-order chi connectivity index (χ0) is 28.8. The molecular weight excluding hydrogens is 514 g/mol. The predicted molar refractivity (Wildman–Crippen MR) is 144 cm³/mol. The number of aromatic hydroxyl groups is 1. The second-order valence-electron chi connectivity index (χ2n) is 9.41. The number of hydrogen-bond acceptors (Lipinski definition) is 8. The molecule has 1 rings (SSSR count). The lowest BCUT2D eigenvalue weighted by molar-refractivity contribution is -0.142. The van der Waals surface area contributed by atoms with Gasteiger partial charge in [0.25, 0.3) is 0 Å². The quantitative estimate of drug-likeness (QED) is 0.137. The molecule has 0 aliphatic heterocycles. The number of aliphatic carboxylic acids is 1. The minimum atomic E-state index is -1.35. The van der Waals surface area contributed by atoms with Crippen LogP contribution in [0.1, 0.15) is 45.1 Å². The summed E-state index contributed by atoms with van der Waals surface area (Å²) in [6.07, 6.45) is 2.07. The van der Waals surface area contributed by atoms with E-state index in [-0.39, 0.29) is 37.4 Å². The molecule has 1 aromatic carbocycles. The van der Waals surface area contributed by atoms with Gasteiger partial charge in [0.1, 0.15) is 23.9 Å². The Bertz CT molecular complexity index is 958. The first-order chi connectivity index (χ1) is 17.8. The molecule has 9 N–H and O–H groups in total. The van der Waals surface area contributed by atoms with Crippen LogP contribution in [0.3, 0.4) is 0 Å². The number of rotatable bonds is 17. The molecule has 0 radical (unpaired) electrons. The lowest BCUT2D eigenvalue weighted by Crippen LogP contribution is -2.57. The molecule has 0 spiro atoms. The average molecular weight is 554 g/mol. The van der Waals surface area contributed by atoms with Crippen molar-refractivity contribution in [3.05, 3.63) is 29.8 Å². The molecule has 0 aromatic heterocycles. The van der Waals surface area contributed by atoms with Gasteiger partial charge in [0.15, 0.2) is 0 Å². The summed E-state index contributed by atoms with van der Waals surface area (Å²) in [4.78, 5) is 62.0. The number of phenols is 1. The van der Waals surface area contributed by atoms with E-state index in [2.05, 4.69) is 16.0 Å². The molecule has 4 atom stereocenters. The van der Waals surface area contributed by atoms with E-state index < -0.39 is 53.8 Å². The lowest BCUT2D eigenvalue weighted by Gasteiger charge is -2.26. The maximum atomic E-state index is 13.1. The fourth-order valence-corrected chi connectivity index (χ4v) is 4.02. The fraction of sp³-hybridized carbons (Fsp3) is 0.560. The highest BCUT2D eigenvalue weighted by Gasteiger charge is 2.31. The number of amides is 4. The van der Waals surface area contributed by atoms with Crippen molar-refractivity contribution in [3.63, 3.8) is 0 Å². The number of primary amides is 1. The Labute approximate surface area is 226 Å². The summed E-state index contributed by atoms with van der Waals surface area (Å²) in [7, 11) is 0. The van der Waals surface area contributed by atoms with Gasteiger partial charge >= 0.3 is 5.97 Å². The van der Waals surface area contributed by atoms with E-state index in [1.165, 1.54) is 36.0 Å². The minimum absolute atomic E-state index is 0.00661. The molecule has 4 unspecified atom stereocenters. The third-order valence-corrected chi connectivity index (χ3v) is 6.26. The summed E-state index contributed by atoms with van der Waals surface area (Å²) >= 11 is 1.54. The van der Waals surface area contributed by atoms with Crippen molar-refractivity contribution < 1.29 is 34.2 Å². The van der Waals surface area contributed by atoms with Crippen molar-refractivity contribution in [1.82, 2.24) is 16.0 Å². The molecular formula is C25H39N5O7S. The van der Waals surface area contributed by atoms with Crippen LogP contribution in [0.15, 0.2) is 24.3 Å². The van der Waals surface area contributed by atoms with Crippen LogP contribution < -0.4 is 27.4 Å². The van der Waals surface area contributed by atoms with Gasteiger partial charge in [0.05, 0.1) is 6.04 Å². The van der Waals surface area contributed by atoms with Gasteiger partial charge in [0.2, 0.25) is 23.6 Å². The second-order valence-corrected chi connectivity index (χ2v) is 10.4. The highest BCUT2D eigenvalue weighted by molar-refractivity contribution is 7.98. The number of phenolic OH excluding ortho intramolecular Hbond substituents is 1. The number of thioether (sulfide) groups is 1. The van der Waals surface area contributed by atoms with Gasteiger partial charge in [-0.2, -0.15) is 11.8 Å². The topological polar surface area (TPSA) is 214 Å². The lowest BCUT2D eigenvalue weighted by atomic mass is 10.0. The molecule has 4 amide bonds. The van der Waals surface area contributed by atoms with E-state index in [0.717, 1.165) is 0 Å². The van der Waals surface area contributed by atoms with Crippen molar-refractivity contribution in [2.24, 2.45) is 17.4 Å². The van der Waals surface area contributed by atoms with Gasteiger partial charge in [-0.25, -0.2) is 4.79 Å². The van der Waals surface area contributed by atoms with Crippen molar-refractivity contribution in [3.8, 4) is 5.75 Å². The Morgan fingerprint density at radius 3 is 1.97 bits per heavy atom. The van der Waals surface area contributed by atoms with Gasteiger partial charge in [-0.05, 0) is 54.9 Å². The normalized spacial score (nSPS) is 14.1. The SMILES string of the molecule is CSCCC(N)C(=O)NC(CC(C)C)C(=O)NC(CCC(N)=O)C(=O)NC(Cc1ccc(O)cc1)C(=O)O. The van der Waals surface area contributed by atoms with Crippen LogP contribution >= 0.6 is 11.8 Å². The molecule has 0 aliphatic rings. The Morgan fingerprint density at radius 1 is 0.895 bits per heavy atom. The van der Waals surface area contributed by atoms with E-state index in [4.69, 9.17) is 11.5 Å². The average Bonchev–Trinajstić information content (AvgIpc) is 2.84. The second kappa shape index (κ2) is 16.5. The smallest absolute Gasteiger partial charge is 0.326 e. The van der Waals surface area contributed by atoms with Gasteiger partial charge in [-0.1, -0.05) is 26.0 Å². The number of benzene rings is 1. The summed E-state index contributed by atoms with van der Waals surface area (Å²) in [5.41, 5.74) is 11.7. The Balaban J connectivity index is 3.03. The zero-order valence-corrected chi connectivity index (χ0v) is 22.8. The molecule has 0 saturated heterocycles. The fourth-order valence-electron chi connectivity index (χ4n) is 3.53. The Kier molecular flexibility index (Phi) is 14.2. The molecule has 0 aliphatic carbocycles.